The topological polar surface area (TPSA) is 68.2 Å². The number of amides is 2. The molecule has 0 radical (unpaired) electrons. The molecule has 1 fully saturated rings. The minimum absolute atomic E-state index is 0.206. The summed E-state index contributed by atoms with van der Waals surface area (Å²) >= 11 is 0. The maximum absolute atomic E-state index is 11.8. The number of benzene rings is 1. The molecule has 2 atom stereocenters. The van der Waals surface area contributed by atoms with Crippen molar-refractivity contribution < 1.29 is 4.79 Å². The minimum atomic E-state index is -0.206. The average molecular weight is 300 g/mol. The van der Waals surface area contributed by atoms with Crippen molar-refractivity contribution in [2.75, 3.05) is 31.5 Å². The predicted octanol–water partition coefficient (Wildman–Crippen LogP) is 2.66. The Bertz CT molecular complexity index is 525. The molecular formula is C17H24N4O. The number of hydrogen-bond acceptors (Lipinski definition) is 3. The Morgan fingerprint density at radius 2 is 1.91 bits per heavy atom. The smallest absolute Gasteiger partial charge is 0.319 e. The first kappa shape index (κ1) is 16.3. The molecule has 5 nitrogen and oxygen atoms in total. The second kappa shape index (κ2) is 7.81. The van der Waals surface area contributed by atoms with Crippen LogP contribution in [0.4, 0.5) is 10.5 Å². The molecule has 1 aromatic rings. The Kier molecular flexibility index (Phi) is 5.79. The fraction of sp³-hybridized carbons (Fsp3) is 0.529. The van der Waals surface area contributed by atoms with E-state index in [-0.39, 0.29) is 6.03 Å². The molecule has 118 valence electrons. The molecule has 0 aliphatic carbocycles. The molecule has 1 saturated heterocycles. The van der Waals surface area contributed by atoms with Crippen LogP contribution in [0.15, 0.2) is 24.3 Å². The number of anilines is 1. The molecule has 0 spiro atoms. The van der Waals surface area contributed by atoms with Gasteiger partial charge in [-0.3, -0.25) is 0 Å². The zero-order chi connectivity index (χ0) is 15.9. The quantitative estimate of drug-likeness (QED) is 0.898. The lowest BCUT2D eigenvalue weighted by Gasteiger charge is -2.34. The van der Waals surface area contributed by atoms with E-state index in [9.17, 15) is 4.79 Å². The van der Waals surface area contributed by atoms with Crippen molar-refractivity contribution in [1.82, 2.24) is 10.2 Å². The summed E-state index contributed by atoms with van der Waals surface area (Å²) in [5.74, 6) is 1.47. The van der Waals surface area contributed by atoms with Crippen molar-refractivity contribution in [3.63, 3.8) is 0 Å². The Morgan fingerprint density at radius 1 is 1.27 bits per heavy atom. The number of carbonyl (C=O) groups excluding carboxylic acids is 1. The Labute approximate surface area is 132 Å². The van der Waals surface area contributed by atoms with E-state index < -0.39 is 0 Å². The van der Waals surface area contributed by atoms with Crippen LogP contribution in [-0.4, -0.2) is 37.1 Å². The summed E-state index contributed by atoms with van der Waals surface area (Å²) in [6.07, 6.45) is 1.29. The molecule has 0 aromatic heterocycles. The molecule has 2 N–H and O–H groups in total. The summed E-state index contributed by atoms with van der Waals surface area (Å²) in [6, 6.07) is 8.68. The largest absolute Gasteiger partial charge is 0.337 e. The van der Waals surface area contributed by atoms with Crippen molar-refractivity contribution in [2.24, 2.45) is 11.8 Å². The van der Waals surface area contributed by atoms with E-state index in [4.69, 9.17) is 5.26 Å². The van der Waals surface area contributed by atoms with E-state index in [1.54, 1.807) is 24.3 Å². The van der Waals surface area contributed by atoms with Crippen LogP contribution in [0.1, 0.15) is 25.8 Å². The summed E-state index contributed by atoms with van der Waals surface area (Å²) in [6.45, 7) is 8.32. The van der Waals surface area contributed by atoms with E-state index in [0.717, 1.165) is 31.5 Å². The second-order valence-corrected chi connectivity index (χ2v) is 6.28. The minimum Gasteiger partial charge on any atom is -0.337 e. The van der Waals surface area contributed by atoms with Crippen LogP contribution in [0.5, 0.6) is 0 Å². The van der Waals surface area contributed by atoms with Crippen LogP contribution in [0.2, 0.25) is 0 Å². The highest BCUT2D eigenvalue weighted by molar-refractivity contribution is 5.89. The molecule has 1 aliphatic heterocycles. The fourth-order valence-electron chi connectivity index (χ4n) is 3.11. The summed E-state index contributed by atoms with van der Waals surface area (Å²) < 4.78 is 0. The first-order valence-corrected chi connectivity index (χ1v) is 7.84. The number of nitriles is 1. The van der Waals surface area contributed by atoms with Crippen LogP contribution < -0.4 is 10.6 Å². The van der Waals surface area contributed by atoms with Gasteiger partial charge in [-0.15, -0.1) is 0 Å². The van der Waals surface area contributed by atoms with Crippen molar-refractivity contribution in [3.8, 4) is 6.07 Å². The normalized spacial score (nSPS) is 21.9. The SMILES string of the molecule is C[C@@H]1C[C@H](C)CN(CCNC(=O)Nc2ccc(C#N)cc2)C1. The molecule has 0 bridgehead atoms. The summed E-state index contributed by atoms with van der Waals surface area (Å²) in [5.41, 5.74) is 1.27. The molecule has 1 aliphatic rings. The van der Waals surface area contributed by atoms with Gasteiger partial charge in [-0.05, 0) is 42.5 Å². The van der Waals surface area contributed by atoms with E-state index in [1.165, 1.54) is 6.42 Å². The van der Waals surface area contributed by atoms with Gasteiger partial charge in [0.2, 0.25) is 0 Å². The number of nitrogens with one attached hydrogen (secondary N) is 2. The van der Waals surface area contributed by atoms with Gasteiger partial charge in [-0.25, -0.2) is 4.79 Å². The molecule has 5 heteroatoms. The van der Waals surface area contributed by atoms with Gasteiger partial charge in [-0.1, -0.05) is 13.8 Å². The number of hydrogen-bond donors (Lipinski definition) is 2. The molecular weight excluding hydrogens is 276 g/mol. The monoisotopic (exact) mass is 300 g/mol. The standard InChI is InChI=1S/C17H24N4O/c1-13-9-14(2)12-21(11-13)8-7-19-17(22)20-16-5-3-15(10-18)4-6-16/h3-6,13-14H,7-9,11-12H2,1-2H3,(H2,19,20,22)/t13-,14+. The van der Waals surface area contributed by atoms with Crippen LogP contribution >= 0.6 is 0 Å². The Hall–Kier alpha value is -2.06. The molecule has 1 aromatic carbocycles. The van der Waals surface area contributed by atoms with E-state index in [0.29, 0.717) is 17.8 Å². The van der Waals surface area contributed by atoms with Gasteiger partial charge in [0, 0.05) is 31.9 Å². The molecule has 0 unspecified atom stereocenters. The van der Waals surface area contributed by atoms with Crippen LogP contribution in [0, 0.1) is 23.2 Å². The first-order valence-electron chi connectivity index (χ1n) is 7.84. The predicted molar refractivity (Wildman–Crippen MR) is 87.6 cm³/mol. The average Bonchev–Trinajstić information content (AvgIpc) is 2.47. The van der Waals surface area contributed by atoms with Gasteiger partial charge in [0.05, 0.1) is 11.6 Å². The second-order valence-electron chi connectivity index (χ2n) is 6.28. The first-order chi connectivity index (χ1) is 10.6. The third-order valence-electron chi connectivity index (χ3n) is 3.93. The highest BCUT2D eigenvalue weighted by atomic mass is 16.2. The van der Waals surface area contributed by atoms with Crippen LogP contribution in [-0.2, 0) is 0 Å². The zero-order valence-electron chi connectivity index (χ0n) is 13.3. The lowest BCUT2D eigenvalue weighted by atomic mass is 9.92. The number of rotatable bonds is 4. The molecule has 0 saturated carbocycles. The maximum atomic E-state index is 11.8. The van der Waals surface area contributed by atoms with Gasteiger partial charge in [0.15, 0.2) is 0 Å². The lowest BCUT2D eigenvalue weighted by molar-refractivity contribution is 0.142. The van der Waals surface area contributed by atoms with Crippen molar-refractivity contribution in [3.05, 3.63) is 29.8 Å². The van der Waals surface area contributed by atoms with Crippen molar-refractivity contribution in [2.45, 2.75) is 20.3 Å². The van der Waals surface area contributed by atoms with Crippen LogP contribution in [0.25, 0.3) is 0 Å². The number of piperidine rings is 1. The molecule has 22 heavy (non-hydrogen) atoms. The lowest BCUT2D eigenvalue weighted by Crippen LogP contribution is -2.43. The maximum Gasteiger partial charge on any atom is 0.319 e. The number of likely N-dealkylation sites (tertiary alicyclic amines) is 1. The fourth-order valence-corrected chi connectivity index (χ4v) is 3.11. The summed E-state index contributed by atoms with van der Waals surface area (Å²) in [7, 11) is 0. The number of urea groups is 1. The molecule has 2 amide bonds. The van der Waals surface area contributed by atoms with E-state index in [1.807, 2.05) is 0 Å². The number of carbonyl (C=O) groups is 1. The molecule has 2 rings (SSSR count). The zero-order valence-corrected chi connectivity index (χ0v) is 13.3. The van der Waals surface area contributed by atoms with Gasteiger partial charge in [0.1, 0.15) is 0 Å². The number of nitrogens with zero attached hydrogens (tertiary/aromatic N) is 2. The molecule has 1 heterocycles. The summed E-state index contributed by atoms with van der Waals surface area (Å²) in [5, 5.41) is 14.4. The van der Waals surface area contributed by atoms with Crippen LogP contribution in [0.3, 0.4) is 0 Å². The Morgan fingerprint density at radius 3 is 2.50 bits per heavy atom. The van der Waals surface area contributed by atoms with Gasteiger partial charge in [-0.2, -0.15) is 5.26 Å². The highest BCUT2D eigenvalue weighted by Crippen LogP contribution is 2.20. The van der Waals surface area contributed by atoms with E-state index >= 15 is 0 Å². The van der Waals surface area contributed by atoms with Crippen molar-refractivity contribution >= 4 is 11.7 Å². The van der Waals surface area contributed by atoms with Gasteiger partial charge in [0.25, 0.3) is 0 Å². The van der Waals surface area contributed by atoms with Gasteiger partial charge >= 0.3 is 6.03 Å². The van der Waals surface area contributed by atoms with Gasteiger partial charge < -0.3 is 15.5 Å². The third-order valence-corrected chi connectivity index (χ3v) is 3.93. The van der Waals surface area contributed by atoms with Crippen molar-refractivity contribution in [1.29, 1.82) is 5.26 Å². The summed E-state index contributed by atoms with van der Waals surface area (Å²) in [4.78, 5) is 14.2. The van der Waals surface area contributed by atoms with E-state index in [2.05, 4.69) is 35.5 Å². The highest BCUT2D eigenvalue weighted by Gasteiger charge is 2.21. The Balaban J connectivity index is 1.70. The third kappa shape index (κ3) is 5.05.